The van der Waals surface area contributed by atoms with Crippen LogP contribution in [0.25, 0.3) is 21.5 Å². The summed E-state index contributed by atoms with van der Waals surface area (Å²) < 4.78 is 7.40. The maximum absolute atomic E-state index is 11.2. The van der Waals surface area contributed by atoms with Gasteiger partial charge in [0.05, 0.1) is 17.9 Å². The normalized spacial score (nSPS) is 10.9. The van der Waals surface area contributed by atoms with E-state index in [-0.39, 0.29) is 4.88 Å². The Kier molecular flexibility index (Phi) is 4.83. The van der Waals surface area contributed by atoms with Crippen LogP contribution in [0.15, 0.2) is 24.4 Å². The van der Waals surface area contributed by atoms with Crippen LogP contribution in [0.2, 0.25) is 0 Å². The molecular weight excluding hydrogens is 338 g/mol. The SMILES string of the molecule is CCOCCn1cc(C#N)c2cc(-c3nc(C)c(C(=O)O)s3)ccc21. The van der Waals surface area contributed by atoms with Gasteiger partial charge in [-0.05, 0) is 32.0 Å². The second-order valence-corrected chi connectivity index (χ2v) is 6.51. The molecule has 0 aliphatic carbocycles. The summed E-state index contributed by atoms with van der Waals surface area (Å²) >= 11 is 1.15. The van der Waals surface area contributed by atoms with Gasteiger partial charge in [0.25, 0.3) is 0 Å². The first-order valence-corrected chi connectivity index (χ1v) is 8.68. The Morgan fingerprint density at radius 3 is 2.92 bits per heavy atom. The highest BCUT2D eigenvalue weighted by atomic mass is 32.1. The summed E-state index contributed by atoms with van der Waals surface area (Å²) in [4.78, 5) is 15.8. The molecule has 6 nitrogen and oxygen atoms in total. The third-order valence-corrected chi connectivity index (χ3v) is 5.11. The van der Waals surface area contributed by atoms with E-state index in [0.717, 1.165) is 27.8 Å². The Morgan fingerprint density at radius 2 is 2.28 bits per heavy atom. The van der Waals surface area contributed by atoms with E-state index < -0.39 is 5.97 Å². The molecule has 25 heavy (non-hydrogen) atoms. The van der Waals surface area contributed by atoms with Gasteiger partial charge in [-0.25, -0.2) is 9.78 Å². The van der Waals surface area contributed by atoms with Gasteiger partial charge in [0, 0.05) is 35.8 Å². The maximum atomic E-state index is 11.2. The lowest BCUT2D eigenvalue weighted by molar-refractivity contribution is 0.0701. The molecule has 0 spiro atoms. The number of carbonyl (C=O) groups is 1. The highest BCUT2D eigenvalue weighted by Crippen LogP contribution is 2.32. The number of nitrogens with zero attached hydrogens (tertiary/aromatic N) is 3. The lowest BCUT2D eigenvalue weighted by atomic mass is 10.1. The van der Waals surface area contributed by atoms with Gasteiger partial charge in [0.15, 0.2) is 0 Å². The molecule has 0 saturated carbocycles. The van der Waals surface area contributed by atoms with Crippen LogP contribution in [0.3, 0.4) is 0 Å². The zero-order chi connectivity index (χ0) is 18.0. The minimum Gasteiger partial charge on any atom is -0.477 e. The Hall–Kier alpha value is -2.69. The third-order valence-electron chi connectivity index (χ3n) is 3.92. The van der Waals surface area contributed by atoms with E-state index in [9.17, 15) is 15.2 Å². The van der Waals surface area contributed by atoms with Gasteiger partial charge in [-0.3, -0.25) is 0 Å². The van der Waals surface area contributed by atoms with Crippen molar-refractivity contribution in [2.24, 2.45) is 0 Å². The number of carboxylic acids is 1. The first-order chi connectivity index (χ1) is 12.0. The number of nitriles is 1. The highest BCUT2D eigenvalue weighted by Gasteiger charge is 2.16. The molecule has 0 unspecified atom stereocenters. The first kappa shape index (κ1) is 17.1. The number of hydrogen-bond donors (Lipinski definition) is 1. The molecule has 0 atom stereocenters. The van der Waals surface area contributed by atoms with Crippen molar-refractivity contribution in [3.8, 4) is 16.6 Å². The summed E-state index contributed by atoms with van der Waals surface area (Å²) in [6, 6.07) is 7.97. The van der Waals surface area contributed by atoms with E-state index >= 15 is 0 Å². The van der Waals surface area contributed by atoms with Gasteiger partial charge in [0.1, 0.15) is 16.0 Å². The van der Waals surface area contributed by atoms with Crippen molar-refractivity contribution in [1.82, 2.24) is 9.55 Å². The largest absolute Gasteiger partial charge is 0.477 e. The van der Waals surface area contributed by atoms with Crippen molar-refractivity contribution in [1.29, 1.82) is 5.26 Å². The lowest BCUT2D eigenvalue weighted by Crippen LogP contribution is -2.04. The fraction of sp³-hybridized carbons (Fsp3) is 0.278. The molecule has 0 aliphatic rings. The number of aromatic carboxylic acids is 1. The molecule has 0 amide bonds. The molecule has 0 radical (unpaired) electrons. The van der Waals surface area contributed by atoms with E-state index in [4.69, 9.17) is 4.74 Å². The van der Waals surface area contributed by atoms with Crippen LogP contribution in [0.4, 0.5) is 0 Å². The van der Waals surface area contributed by atoms with Gasteiger partial charge >= 0.3 is 5.97 Å². The average molecular weight is 355 g/mol. The number of fused-ring (bicyclic) bond motifs is 1. The minimum atomic E-state index is -0.970. The zero-order valence-electron chi connectivity index (χ0n) is 13.9. The summed E-state index contributed by atoms with van der Waals surface area (Å²) in [7, 11) is 0. The Balaban J connectivity index is 2.04. The standard InChI is InChI=1S/C18H17N3O3S/c1-3-24-7-6-21-10-13(9-19)14-8-12(4-5-15(14)21)17-20-11(2)16(25-17)18(22)23/h4-5,8,10H,3,6-7H2,1-2H3,(H,22,23). The fourth-order valence-electron chi connectivity index (χ4n) is 2.73. The molecule has 1 aromatic carbocycles. The van der Waals surface area contributed by atoms with Crippen LogP contribution in [0.5, 0.6) is 0 Å². The molecular formula is C18H17N3O3S. The van der Waals surface area contributed by atoms with Gasteiger partial charge in [-0.2, -0.15) is 5.26 Å². The van der Waals surface area contributed by atoms with Crippen LogP contribution in [0.1, 0.15) is 27.9 Å². The van der Waals surface area contributed by atoms with Gasteiger partial charge in [-0.15, -0.1) is 11.3 Å². The zero-order valence-corrected chi connectivity index (χ0v) is 14.8. The molecule has 1 N–H and O–H groups in total. The van der Waals surface area contributed by atoms with Crippen molar-refractivity contribution in [3.63, 3.8) is 0 Å². The quantitative estimate of drug-likeness (QED) is 0.682. The fourth-order valence-corrected chi connectivity index (χ4v) is 3.63. The Morgan fingerprint density at radius 1 is 1.48 bits per heavy atom. The van der Waals surface area contributed by atoms with E-state index in [1.807, 2.05) is 35.9 Å². The number of benzene rings is 1. The number of aromatic nitrogens is 2. The molecule has 7 heteroatoms. The average Bonchev–Trinajstić information content (AvgIpc) is 3.15. The van der Waals surface area contributed by atoms with Crippen molar-refractivity contribution in [3.05, 3.63) is 40.5 Å². The summed E-state index contributed by atoms with van der Waals surface area (Å²) in [6.07, 6.45) is 1.82. The number of aryl methyl sites for hydroxylation is 1. The predicted molar refractivity (Wildman–Crippen MR) is 96.0 cm³/mol. The van der Waals surface area contributed by atoms with E-state index in [2.05, 4.69) is 11.1 Å². The molecule has 3 aromatic rings. The molecule has 128 valence electrons. The van der Waals surface area contributed by atoms with Crippen LogP contribution in [-0.4, -0.2) is 33.8 Å². The molecule has 0 aliphatic heterocycles. The van der Waals surface area contributed by atoms with Crippen LogP contribution in [-0.2, 0) is 11.3 Å². The lowest BCUT2D eigenvalue weighted by Gasteiger charge is -2.05. The maximum Gasteiger partial charge on any atom is 0.347 e. The van der Waals surface area contributed by atoms with E-state index in [0.29, 0.717) is 36.0 Å². The number of thiazole rings is 1. The molecule has 0 fully saturated rings. The second-order valence-electron chi connectivity index (χ2n) is 5.52. The molecule has 3 rings (SSSR count). The number of rotatable bonds is 6. The summed E-state index contributed by atoms with van der Waals surface area (Å²) in [5, 5.41) is 20.1. The van der Waals surface area contributed by atoms with E-state index in [1.54, 1.807) is 6.92 Å². The molecule has 2 aromatic heterocycles. The second kappa shape index (κ2) is 7.05. The van der Waals surface area contributed by atoms with Crippen LogP contribution >= 0.6 is 11.3 Å². The summed E-state index contributed by atoms with van der Waals surface area (Å²) in [5.74, 6) is -0.970. The van der Waals surface area contributed by atoms with Gasteiger partial charge in [-0.1, -0.05) is 0 Å². The van der Waals surface area contributed by atoms with Crippen molar-refractivity contribution < 1.29 is 14.6 Å². The van der Waals surface area contributed by atoms with Gasteiger partial charge < -0.3 is 14.4 Å². The Bertz CT molecular complexity index is 982. The van der Waals surface area contributed by atoms with E-state index in [1.165, 1.54) is 0 Å². The first-order valence-electron chi connectivity index (χ1n) is 7.87. The van der Waals surface area contributed by atoms with Crippen molar-refractivity contribution in [2.45, 2.75) is 20.4 Å². The number of ether oxygens (including phenoxy) is 1. The van der Waals surface area contributed by atoms with Crippen LogP contribution in [0, 0.1) is 18.3 Å². The number of hydrogen-bond acceptors (Lipinski definition) is 5. The van der Waals surface area contributed by atoms with Crippen molar-refractivity contribution >= 4 is 28.2 Å². The number of carboxylic acid groups (broad SMARTS) is 1. The van der Waals surface area contributed by atoms with Crippen molar-refractivity contribution in [2.75, 3.05) is 13.2 Å². The van der Waals surface area contributed by atoms with Gasteiger partial charge in [0.2, 0.25) is 0 Å². The molecule has 0 saturated heterocycles. The smallest absolute Gasteiger partial charge is 0.347 e. The summed E-state index contributed by atoms with van der Waals surface area (Å²) in [5.41, 5.74) is 2.85. The monoisotopic (exact) mass is 355 g/mol. The highest BCUT2D eigenvalue weighted by molar-refractivity contribution is 7.17. The topological polar surface area (TPSA) is 88.1 Å². The summed E-state index contributed by atoms with van der Waals surface area (Å²) in [6.45, 7) is 5.55. The molecule has 0 bridgehead atoms. The molecule has 2 heterocycles. The predicted octanol–water partition coefficient (Wildman–Crippen LogP) is 3.68. The van der Waals surface area contributed by atoms with Crippen LogP contribution < -0.4 is 0 Å². The minimum absolute atomic E-state index is 0.241. The Labute approximate surface area is 148 Å². The third kappa shape index (κ3) is 3.27.